The van der Waals surface area contributed by atoms with Crippen molar-refractivity contribution in [3.05, 3.63) is 0 Å². The van der Waals surface area contributed by atoms with Crippen LogP contribution in [0.5, 0.6) is 0 Å². The lowest BCUT2D eigenvalue weighted by molar-refractivity contribution is -0.339. The Morgan fingerprint density at radius 3 is 1.69 bits per heavy atom. The number of hydrogen-bond donors (Lipinski definition) is 1. The van der Waals surface area contributed by atoms with E-state index in [9.17, 15) is 24.3 Å². The second-order valence-corrected chi connectivity index (χ2v) is 9.04. The van der Waals surface area contributed by atoms with Crippen molar-refractivity contribution in [1.29, 1.82) is 0 Å². The summed E-state index contributed by atoms with van der Waals surface area (Å²) in [5, 5.41) is 10.4. The van der Waals surface area contributed by atoms with Crippen molar-refractivity contribution >= 4 is 23.9 Å². The van der Waals surface area contributed by atoms with E-state index in [1.165, 1.54) is 27.7 Å². The molecule has 35 heavy (non-hydrogen) atoms. The average Bonchev–Trinajstić information content (AvgIpc) is 2.75. The van der Waals surface area contributed by atoms with Gasteiger partial charge < -0.3 is 38.3 Å². The van der Waals surface area contributed by atoms with Gasteiger partial charge in [-0.15, -0.1) is 0 Å². The Morgan fingerprint density at radius 2 is 1.17 bits per heavy atom. The number of carbonyl (C=O) groups is 4. The first-order valence-electron chi connectivity index (χ1n) is 11.6. The van der Waals surface area contributed by atoms with Gasteiger partial charge in [0, 0.05) is 39.5 Å². The lowest BCUT2D eigenvalue weighted by Gasteiger charge is -2.48. The number of hydrogen-bond acceptors (Lipinski definition) is 12. The lowest BCUT2D eigenvalue weighted by Crippen LogP contribution is -2.60. The Hall–Kier alpha value is -2.28. The topological polar surface area (TPSA) is 153 Å². The van der Waals surface area contributed by atoms with Crippen molar-refractivity contribution in [2.45, 2.75) is 91.6 Å². The van der Waals surface area contributed by atoms with E-state index >= 15 is 0 Å². The Morgan fingerprint density at radius 1 is 0.657 bits per heavy atom. The zero-order valence-corrected chi connectivity index (χ0v) is 21.1. The molecular weight excluding hydrogens is 468 g/mol. The van der Waals surface area contributed by atoms with Gasteiger partial charge in [-0.25, -0.2) is 0 Å². The summed E-state index contributed by atoms with van der Waals surface area (Å²) in [6.45, 7) is 10.1. The van der Waals surface area contributed by atoms with Crippen LogP contribution in [0.3, 0.4) is 0 Å². The number of ether oxygens (including phenoxy) is 7. The molecule has 2 fully saturated rings. The monoisotopic (exact) mass is 504 g/mol. The van der Waals surface area contributed by atoms with Crippen molar-refractivity contribution in [2.75, 3.05) is 13.2 Å². The number of rotatable bonds is 8. The van der Waals surface area contributed by atoms with Gasteiger partial charge in [-0.2, -0.15) is 0 Å². The third kappa shape index (κ3) is 7.86. The summed E-state index contributed by atoms with van der Waals surface area (Å²) in [7, 11) is 0. The molecule has 0 aromatic rings. The molecule has 10 unspecified atom stereocenters. The van der Waals surface area contributed by atoms with Gasteiger partial charge in [-0.05, 0) is 5.92 Å². The number of carbonyl (C=O) groups excluding carboxylic acids is 4. The summed E-state index contributed by atoms with van der Waals surface area (Å²) >= 11 is 0. The van der Waals surface area contributed by atoms with Crippen LogP contribution in [0, 0.1) is 17.8 Å². The van der Waals surface area contributed by atoms with Gasteiger partial charge in [-0.1, -0.05) is 20.8 Å². The Kier molecular flexibility index (Phi) is 10.4. The van der Waals surface area contributed by atoms with E-state index in [0.717, 1.165) is 0 Å². The average molecular weight is 505 g/mol. The second kappa shape index (κ2) is 12.6. The molecule has 0 saturated carbocycles. The highest BCUT2D eigenvalue weighted by atomic mass is 16.7. The van der Waals surface area contributed by atoms with Crippen molar-refractivity contribution < 1.29 is 57.4 Å². The molecule has 0 aromatic heterocycles. The van der Waals surface area contributed by atoms with Gasteiger partial charge in [-0.3, -0.25) is 19.2 Å². The van der Waals surface area contributed by atoms with E-state index in [0.29, 0.717) is 0 Å². The van der Waals surface area contributed by atoms with E-state index < -0.39 is 72.9 Å². The van der Waals surface area contributed by atoms with Crippen molar-refractivity contribution in [2.24, 2.45) is 17.8 Å². The molecule has 2 heterocycles. The van der Waals surface area contributed by atoms with Crippen LogP contribution < -0.4 is 0 Å². The molecule has 12 nitrogen and oxygen atoms in total. The third-order valence-electron chi connectivity index (χ3n) is 6.31. The summed E-state index contributed by atoms with van der Waals surface area (Å²) in [6.07, 6.45) is -6.91. The summed E-state index contributed by atoms with van der Waals surface area (Å²) in [4.78, 5) is 46.2. The standard InChI is InChI=1S/C23H36O12/c1-10-11(2)21(32-16(7)27)23(34-17(10)8-29-13(4)24)35-19-12(3)20(31-15(6)26)22(28)33-18(19)9-30-14(5)25/h10-12,17-23,28H,8-9H2,1-7H3. The van der Waals surface area contributed by atoms with Crippen LogP contribution in [0.25, 0.3) is 0 Å². The Labute approximate surface area is 204 Å². The Balaban J connectivity index is 2.34. The molecule has 12 heteroatoms. The normalized spacial score (nSPS) is 37.1. The van der Waals surface area contributed by atoms with Gasteiger partial charge >= 0.3 is 23.9 Å². The Bertz CT molecular complexity index is 766. The molecule has 2 aliphatic rings. The fourth-order valence-electron chi connectivity index (χ4n) is 4.29. The molecule has 200 valence electrons. The van der Waals surface area contributed by atoms with Gasteiger partial charge in [0.1, 0.15) is 19.3 Å². The highest BCUT2D eigenvalue weighted by Gasteiger charge is 2.51. The van der Waals surface area contributed by atoms with E-state index in [-0.39, 0.29) is 25.0 Å². The maximum Gasteiger partial charge on any atom is 0.303 e. The van der Waals surface area contributed by atoms with E-state index in [1.807, 2.05) is 13.8 Å². The maximum atomic E-state index is 11.8. The highest BCUT2D eigenvalue weighted by molar-refractivity contribution is 5.67. The van der Waals surface area contributed by atoms with Crippen LogP contribution in [0.1, 0.15) is 48.5 Å². The van der Waals surface area contributed by atoms with Crippen LogP contribution in [0.4, 0.5) is 0 Å². The van der Waals surface area contributed by atoms with Crippen molar-refractivity contribution in [1.82, 2.24) is 0 Å². The van der Waals surface area contributed by atoms with Gasteiger partial charge in [0.2, 0.25) is 0 Å². The smallest absolute Gasteiger partial charge is 0.303 e. The molecule has 0 bridgehead atoms. The third-order valence-corrected chi connectivity index (χ3v) is 6.31. The van der Waals surface area contributed by atoms with Crippen molar-refractivity contribution in [3.8, 4) is 0 Å². The first-order valence-corrected chi connectivity index (χ1v) is 11.6. The fraction of sp³-hybridized carbons (Fsp3) is 0.826. The minimum absolute atomic E-state index is 0.0319. The van der Waals surface area contributed by atoms with Crippen LogP contribution in [-0.4, -0.2) is 85.3 Å². The van der Waals surface area contributed by atoms with E-state index in [2.05, 4.69) is 0 Å². The van der Waals surface area contributed by atoms with Crippen LogP contribution in [-0.2, 0) is 52.3 Å². The number of esters is 4. The van der Waals surface area contributed by atoms with Crippen LogP contribution in [0.2, 0.25) is 0 Å². The molecule has 0 spiro atoms. The summed E-state index contributed by atoms with van der Waals surface area (Å²) < 4.78 is 38.9. The van der Waals surface area contributed by atoms with Gasteiger partial charge in [0.05, 0.1) is 12.2 Å². The summed E-state index contributed by atoms with van der Waals surface area (Å²) in [5.41, 5.74) is 0. The number of aliphatic hydroxyl groups excluding tert-OH is 1. The largest absolute Gasteiger partial charge is 0.463 e. The zero-order valence-electron chi connectivity index (χ0n) is 21.1. The lowest BCUT2D eigenvalue weighted by atomic mass is 9.83. The predicted octanol–water partition coefficient (Wildman–Crippen LogP) is 0.712. The molecule has 0 aliphatic carbocycles. The van der Waals surface area contributed by atoms with Gasteiger partial charge in [0.25, 0.3) is 0 Å². The van der Waals surface area contributed by atoms with Crippen molar-refractivity contribution in [3.63, 3.8) is 0 Å². The molecule has 2 aliphatic heterocycles. The predicted molar refractivity (Wildman–Crippen MR) is 116 cm³/mol. The molecule has 1 N–H and O–H groups in total. The molecule has 0 radical (unpaired) electrons. The first-order chi connectivity index (χ1) is 16.3. The summed E-state index contributed by atoms with van der Waals surface area (Å²) in [6, 6.07) is 0. The van der Waals surface area contributed by atoms with E-state index in [4.69, 9.17) is 33.2 Å². The van der Waals surface area contributed by atoms with E-state index in [1.54, 1.807) is 6.92 Å². The first kappa shape index (κ1) is 29.0. The zero-order chi connectivity index (χ0) is 26.4. The van der Waals surface area contributed by atoms with Gasteiger partial charge in [0.15, 0.2) is 24.8 Å². The molecule has 0 aromatic carbocycles. The SMILES string of the molecule is CC(=O)OCC1OC(OC2C(COC(C)=O)OC(O)C(OC(C)=O)C2C)C(OC(C)=O)C(C)C1C. The van der Waals surface area contributed by atoms with Crippen LogP contribution >= 0.6 is 0 Å². The minimum Gasteiger partial charge on any atom is -0.463 e. The quantitative estimate of drug-likeness (QED) is 0.366. The maximum absolute atomic E-state index is 11.8. The molecule has 2 saturated heterocycles. The fourth-order valence-corrected chi connectivity index (χ4v) is 4.29. The molecule has 10 atom stereocenters. The minimum atomic E-state index is -1.48. The number of aliphatic hydroxyl groups is 1. The summed E-state index contributed by atoms with van der Waals surface area (Å²) in [5.74, 6) is -3.24. The highest BCUT2D eigenvalue weighted by Crippen LogP contribution is 2.37. The molecular formula is C23H36O12. The molecule has 2 rings (SSSR count). The second-order valence-electron chi connectivity index (χ2n) is 9.04. The van der Waals surface area contributed by atoms with Crippen LogP contribution in [0.15, 0.2) is 0 Å². The molecule has 0 amide bonds.